The van der Waals surface area contributed by atoms with Crippen LogP contribution in [0.15, 0.2) is 112 Å². The highest BCUT2D eigenvalue weighted by Gasteiger charge is 2.55. The predicted molar refractivity (Wildman–Crippen MR) is 216 cm³/mol. The molecular formula is C39H35BF2I2N4O2. The zero-order chi connectivity index (χ0) is 35.2. The third-order valence-corrected chi connectivity index (χ3v) is 11.5. The minimum atomic E-state index is -4.47. The normalized spacial score (nSPS) is 14.9. The SMILES string of the molecule is CCN(CC)Cc1ccc(C2=C(I)C(c3ccc(OC)cc3)=[N+]3C2=Nc2c(-c4ccccc4)c(I)c(-c4ccc(OC)cc4)n2[B-]3(F)F)cc1. The molecule has 6 nitrogen and oxygen atoms in total. The minimum Gasteiger partial charge on any atom is -0.497 e. The highest BCUT2D eigenvalue weighted by Crippen LogP contribution is 2.50. The quantitative estimate of drug-likeness (QED) is 0.104. The largest absolute Gasteiger partial charge is 0.642 e. The third-order valence-electron chi connectivity index (χ3n) is 9.41. The van der Waals surface area contributed by atoms with E-state index in [-0.39, 0.29) is 11.7 Å². The first-order valence-corrected chi connectivity index (χ1v) is 18.6. The molecule has 3 heterocycles. The molecule has 0 spiro atoms. The van der Waals surface area contributed by atoms with E-state index >= 15 is 8.63 Å². The molecule has 5 aromatic rings. The van der Waals surface area contributed by atoms with Crippen LogP contribution >= 0.6 is 45.2 Å². The van der Waals surface area contributed by atoms with Crippen molar-refractivity contribution < 1.29 is 22.6 Å². The lowest BCUT2D eigenvalue weighted by molar-refractivity contribution is -0.291. The molecule has 7 rings (SSSR count). The highest BCUT2D eigenvalue weighted by atomic mass is 127. The first-order chi connectivity index (χ1) is 24.2. The molecule has 2 aliphatic rings. The summed E-state index contributed by atoms with van der Waals surface area (Å²) >= 11 is 4.44. The Kier molecular flexibility index (Phi) is 9.74. The number of hydrogen-bond acceptors (Lipinski definition) is 4. The van der Waals surface area contributed by atoms with Crippen LogP contribution in [0.25, 0.3) is 28.0 Å². The number of amidine groups is 1. The van der Waals surface area contributed by atoms with Crippen molar-refractivity contribution in [3.05, 3.63) is 127 Å². The number of rotatable bonds is 10. The maximum atomic E-state index is 17.9. The molecule has 4 aromatic carbocycles. The Balaban J connectivity index is 1.51. The van der Waals surface area contributed by atoms with Crippen LogP contribution in [0.1, 0.15) is 30.5 Å². The van der Waals surface area contributed by atoms with Gasteiger partial charge in [0.2, 0.25) is 5.82 Å². The summed E-state index contributed by atoms with van der Waals surface area (Å²) in [6.07, 6.45) is 0. The molecule has 2 aliphatic heterocycles. The van der Waals surface area contributed by atoms with E-state index < -0.39 is 6.97 Å². The van der Waals surface area contributed by atoms with Gasteiger partial charge in [-0.3, -0.25) is 4.90 Å². The van der Waals surface area contributed by atoms with Crippen LogP contribution in [0, 0.1) is 3.57 Å². The van der Waals surface area contributed by atoms with Crippen molar-refractivity contribution in [2.24, 2.45) is 4.99 Å². The van der Waals surface area contributed by atoms with Crippen molar-refractivity contribution in [1.29, 1.82) is 0 Å². The van der Waals surface area contributed by atoms with Gasteiger partial charge in [0.1, 0.15) is 17.2 Å². The first-order valence-electron chi connectivity index (χ1n) is 16.5. The van der Waals surface area contributed by atoms with Crippen molar-refractivity contribution in [3.63, 3.8) is 0 Å². The molecule has 0 saturated heterocycles. The monoisotopic (exact) mass is 894 g/mol. The lowest BCUT2D eigenvalue weighted by atomic mass is 9.90. The van der Waals surface area contributed by atoms with E-state index in [9.17, 15) is 0 Å². The van der Waals surface area contributed by atoms with Crippen molar-refractivity contribution in [2.45, 2.75) is 20.4 Å². The minimum absolute atomic E-state index is 0.235. The van der Waals surface area contributed by atoms with Crippen molar-refractivity contribution >= 4 is 75.1 Å². The summed E-state index contributed by atoms with van der Waals surface area (Å²) in [5, 5.41) is 0. The molecule has 50 heavy (non-hydrogen) atoms. The second kappa shape index (κ2) is 14.1. The lowest BCUT2D eigenvalue weighted by Crippen LogP contribution is -2.53. The Morgan fingerprint density at radius 3 is 1.86 bits per heavy atom. The standard InChI is InChI=1S/C39H35BF2I2N4O2/c1-5-46(6-2)24-25-12-14-27(15-13-25)33-35(44)37(29-18-22-31(50-4)23-19-29)48-39(33)45-38-32(26-10-8-7-9-11-26)34(43)36(47(38)40(48,41)42)28-16-20-30(49-3)21-17-28/h7-23H,5-6,24H2,1-4H3. The molecule has 0 bridgehead atoms. The molecule has 11 heteroatoms. The molecule has 1 aromatic heterocycles. The van der Waals surface area contributed by atoms with Crippen LogP contribution in [0.5, 0.6) is 11.5 Å². The number of aliphatic imine (C=N–C) groups is 1. The van der Waals surface area contributed by atoms with Crippen molar-refractivity contribution in [3.8, 4) is 33.9 Å². The van der Waals surface area contributed by atoms with Gasteiger partial charge in [0, 0.05) is 21.4 Å². The molecule has 0 unspecified atom stereocenters. The Morgan fingerprint density at radius 1 is 0.740 bits per heavy atom. The number of halogens is 4. The fraction of sp³-hybridized carbons (Fsp3) is 0.179. The smallest absolute Gasteiger partial charge is 0.497 e. The fourth-order valence-corrected chi connectivity index (χ4v) is 9.01. The van der Waals surface area contributed by atoms with Gasteiger partial charge < -0.3 is 27.1 Å². The number of ether oxygens (including phenoxy) is 2. The molecule has 0 amide bonds. The Labute approximate surface area is 318 Å². The molecule has 0 N–H and O–H groups in total. The number of allylic oxidation sites excluding steroid dienone is 1. The van der Waals surface area contributed by atoms with E-state index in [1.807, 2.05) is 66.7 Å². The van der Waals surface area contributed by atoms with Gasteiger partial charge in [-0.25, -0.2) is 0 Å². The zero-order valence-corrected chi connectivity index (χ0v) is 32.4. The molecule has 0 fully saturated rings. The highest BCUT2D eigenvalue weighted by molar-refractivity contribution is 14.1. The Hall–Kier alpha value is -3.82. The Morgan fingerprint density at radius 2 is 1.30 bits per heavy atom. The average Bonchev–Trinajstić information content (AvgIpc) is 3.62. The first kappa shape index (κ1) is 34.6. The summed E-state index contributed by atoms with van der Waals surface area (Å²) in [6, 6.07) is 32.5. The molecule has 0 aliphatic carbocycles. The van der Waals surface area contributed by atoms with E-state index in [2.05, 4.69) is 76.1 Å². The van der Waals surface area contributed by atoms with Gasteiger partial charge in [-0.15, -0.1) is 0 Å². The van der Waals surface area contributed by atoms with E-state index in [0.717, 1.165) is 30.8 Å². The van der Waals surface area contributed by atoms with Crippen molar-refractivity contribution in [1.82, 2.24) is 9.38 Å². The molecule has 0 radical (unpaired) electrons. The van der Waals surface area contributed by atoms with Gasteiger partial charge in [0.05, 0.1) is 28.9 Å². The number of hydrogen-bond donors (Lipinski definition) is 0. The number of fused-ring (bicyclic) bond motifs is 2. The Bertz CT molecular complexity index is 2160. The van der Waals surface area contributed by atoms with Gasteiger partial charge in [0.15, 0.2) is 0 Å². The molecular weight excluding hydrogens is 859 g/mol. The van der Waals surface area contributed by atoms with Crippen LogP contribution in [0.2, 0.25) is 0 Å². The maximum absolute atomic E-state index is 17.9. The summed E-state index contributed by atoms with van der Waals surface area (Å²) in [5.74, 6) is 1.77. The predicted octanol–water partition coefficient (Wildman–Crippen LogP) is 9.91. The van der Waals surface area contributed by atoms with E-state index in [4.69, 9.17) is 14.5 Å². The summed E-state index contributed by atoms with van der Waals surface area (Å²) in [5.41, 5.74) is 6.30. The van der Waals surface area contributed by atoms with Crippen LogP contribution in [-0.2, 0) is 6.54 Å². The molecule has 254 valence electrons. The number of nitrogens with zero attached hydrogens (tertiary/aromatic N) is 4. The number of methoxy groups -OCH3 is 2. The van der Waals surface area contributed by atoms with Gasteiger partial charge in [-0.2, -0.15) is 0 Å². The topological polar surface area (TPSA) is 42.0 Å². The van der Waals surface area contributed by atoms with Gasteiger partial charge in [0.25, 0.3) is 5.84 Å². The van der Waals surface area contributed by atoms with E-state index in [1.165, 1.54) is 14.5 Å². The second-order valence-electron chi connectivity index (χ2n) is 12.1. The van der Waals surface area contributed by atoms with E-state index in [1.54, 1.807) is 38.5 Å². The summed E-state index contributed by atoms with van der Waals surface area (Å²) in [7, 11) is 3.18. The van der Waals surface area contributed by atoms with Crippen LogP contribution in [-0.4, -0.2) is 59.7 Å². The van der Waals surface area contributed by atoms with E-state index in [0.29, 0.717) is 52.3 Å². The van der Waals surface area contributed by atoms with Crippen molar-refractivity contribution in [2.75, 3.05) is 27.3 Å². The summed E-state index contributed by atoms with van der Waals surface area (Å²) in [4.78, 5) is 7.58. The number of benzene rings is 4. The van der Waals surface area contributed by atoms with Gasteiger partial charge in [-0.05, 0) is 134 Å². The average molecular weight is 894 g/mol. The maximum Gasteiger partial charge on any atom is 0.642 e. The van der Waals surface area contributed by atoms with Crippen LogP contribution < -0.4 is 9.47 Å². The molecule has 0 atom stereocenters. The van der Waals surface area contributed by atoms with Crippen LogP contribution in [0.4, 0.5) is 14.4 Å². The third kappa shape index (κ3) is 5.90. The van der Waals surface area contributed by atoms with Gasteiger partial charge >= 0.3 is 6.97 Å². The summed E-state index contributed by atoms with van der Waals surface area (Å²) < 4.78 is 50.4. The molecule has 0 saturated carbocycles. The van der Waals surface area contributed by atoms with Crippen LogP contribution in [0.3, 0.4) is 0 Å². The summed E-state index contributed by atoms with van der Waals surface area (Å²) in [6.45, 7) is 2.55. The fourth-order valence-electron chi connectivity index (χ4n) is 6.77. The number of aromatic nitrogens is 1. The second-order valence-corrected chi connectivity index (χ2v) is 14.3. The lowest BCUT2D eigenvalue weighted by Gasteiger charge is -2.32. The van der Waals surface area contributed by atoms with Gasteiger partial charge in [-0.1, -0.05) is 68.4 Å². The zero-order valence-electron chi connectivity index (χ0n) is 28.1.